The molecule has 1 unspecified atom stereocenters. The van der Waals surface area contributed by atoms with Crippen molar-refractivity contribution < 1.29 is 4.74 Å². The van der Waals surface area contributed by atoms with Crippen molar-refractivity contribution in [3.05, 3.63) is 29.8 Å². The Labute approximate surface area is 158 Å². The van der Waals surface area contributed by atoms with Gasteiger partial charge in [0.1, 0.15) is 5.75 Å². The average molecular weight is 359 g/mol. The van der Waals surface area contributed by atoms with Crippen LogP contribution < -0.4 is 15.4 Å². The van der Waals surface area contributed by atoms with Gasteiger partial charge in [0.15, 0.2) is 5.96 Å². The van der Waals surface area contributed by atoms with Crippen LogP contribution >= 0.6 is 0 Å². The van der Waals surface area contributed by atoms with Crippen LogP contribution in [0.1, 0.15) is 51.6 Å². The first-order valence-electron chi connectivity index (χ1n) is 10.2. The Morgan fingerprint density at radius 3 is 2.96 bits per heavy atom. The Morgan fingerprint density at radius 2 is 2.15 bits per heavy atom. The predicted octanol–water partition coefficient (Wildman–Crippen LogP) is 3.19. The molecule has 2 atom stereocenters. The molecule has 1 fully saturated rings. The molecule has 0 aliphatic carbocycles. The van der Waals surface area contributed by atoms with Gasteiger partial charge < -0.3 is 15.4 Å². The zero-order chi connectivity index (χ0) is 18.4. The molecule has 0 saturated carbocycles. The number of hydrogen-bond donors (Lipinski definition) is 2. The molecule has 5 nitrogen and oxygen atoms in total. The molecule has 0 amide bonds. The van der Waals surface area contributed by atoms with Gasteiger partial charge in [-0.25, -0.2) is 0 Å². The Bertz CT molecular complexity index is 601. The third-order valence-corrected chi connectivity index (χ3v) is 5.17. The number of nitrogens with zero attached hydrogens (tertiary/aromatic N) is 2. The van der Waals surface area contributed by atoms with Crippen LogP contribution in [0.15, 0.2) is 29.3 Å². The van der Waals surface area contributed by atoms with Crippen molar-refractivity contribution in [2.24, 2.45) is 10.9 Å². The maximum Gasteiger partial charge on any atom is 0.191 e. The lowest BCUT2D eigenvalue weighted by atomic mass is 10.0. The quantitative estimate of drug-likeness (QED) is 0.606. The van der Waals surface area contributed by atoms with Crippen LogP contribution in [-0.2, 0) is 0 Å². The van der Waals surface area contributed by atoms with Gasteiger partial charge in [0.2, 0.25) is 0 Å². The SMILES string of the molecule is CCNC(=NC[C@H]1CCCN1CC(C)C)NC1CCOc2ccccc21. The van der Waals surface area contributed by atoms with Crippen molar-refractivity contribution >= 4 is 5.96 Å². The second-order valence-corrected chi connectivity index (χ2v) is 7.78. The fraction of sp³-hybridized carbons (Fsp3) is 0.667. The molecule has 26 heavy (non-hydrogen) atoms. The van der Waals surface area contributed by atoms with Crippen molar-refractivity contribution in [2.45, 2.75) is 52.1 Å². The minimum atomic E-state index is 0.257. The molecule has 2 heterocycles. The van der Waals surface area contributed by atoms with Crippen LogP contribution in [0.4, 0.5) is 0 Å². The van der Waals surface area contributed by atoms with Crippen LogP contribution in [-0.4, -0.2) is 49.7 Å². The molecule has 1 aromatic rings. The first kappa shape index (κ1) is 19.0. The van der Waals surface area contributed by atoms with Gasteiger partial charge in [-0.2, -0.15) is 0 Å². The second-order valence-electron chi connectivity index (χ2n) is 7.78. The Morgan fingerprint density at radius 1 is 1.31 bits per heavy atom. The van der Waals surface area contributed by atoms with E-state index in [1.807, 2.05) is 6.07 Å². The van der Waals surface area contributed by atoms with E-state index in [4.69, 9.17) is 9.73 Å². The number of guanidine groups is 1. The molecule has 2 aliphatic rings. The number of aliphatic imine (C=N–C) groups is 1. The molecule has 5 heteroatoms. The minimum Gasteiger partial charge on any atom is -0.493 e. The van der Waals surface area contributed by atoms with Crippen LogP contribution in [0.2, 0.25) is 0 Å². The fourth-order valence-electron chi connectivity index (χ4n) is 3.99. The molecular formula is C21H34N4O. The van der Waals surface area contributed by atoms with Crippen molar-refractivity contribution in [2.75, 3.05) is 32.8 Å². The van der Waals surface area contributed by atoms with Gasteiger partial charge in [-0.1, -0.05) is 32.0 Å². The summed E-state index contributed by atoms with van der Waals surface area (Å²) in [5.41, 5.74) is 1.23. The van der Waals surface area contributed by atoms with Crippen LogP contribution in [0.3, 0.4) is 0 Å². The van der Waals surface area contributed by atoms with E-state index in [-0.39, 0.29) is 6.04 Å². The summed E-state index contributed by atoms with van der Waals surface area (Å²) in [6, 6.07) is 9.15. The van der Waals surface area contributed by atoms with E-state index in [0.717, 1.165) is 37.8 Å². The molecule has 1 saturated heterocycles. The van der Waals surface area contributed by atoms with Gasteiger partial charge in [-0.15, -0.1) is 0 Å². The molecule has 0 bridgehead atoms. The van der Waals surface area contributed by atoms with Gasteiger partial charge in [0.05, 0.1) is 19.2 Å². The highest BCUT2D eigenvalue weighted by molar-refractivity contribution is 5.80. The fourth-order valence-corrected chi connectivity index (χ4v) is 3.99. The van der Waals surface area contributed by atoms with E-state index in [0.29, 0.717) is 12.0 Å². The molecule has 0 spiro atoms. The first-order chi connectivity index (χ1) is 12.7. The third-order valence-electron chi connectivity index (χ3n) is 5.17. The number of ether oxygens (including phenoxy) is 1. The van der Waals surface area contributed by atoms with Gasteiger partial charge in [-0.05, 0) is 38.3 Å². The molecule has 0 radical (unpaired) electrons. The summed E-state index contributed by atoms with van der Waals surface area (Å²) >= 11 is 0. The van der Waals surface area contributed by atoms with Gasteiger partial charge in [-0.3, -0.25) is 9.89 Å². The summed E-state index contributed by atoms with van der Waals surface area (Å²) in [5, 5.41) is 7.05. The average Bonchev–Trinajstić information content (AvgIpc) is 3.06. The third kappa shape index (κ3) is 4.91. The highest BCUT2D eigenvalue weighted by atomic mass is 16.5. The zero-order valence-electron chi connectivity index (χ0n) is 16.5. The Kier molecular flexibility index (Phi) is 6.78. The van der Waals surface area contributed by atoms with Gasteiger partial charge in [0.25, 0.3) is 0 Å². The van der Waals surface area contributed by atoms with Crippen molar-refractivity contribution in [3.63, 3.8) is 0 Å². The minimum absolute atomic E-state index is 0.257. The smallest absolute Gasteiger partial charge is 0.191 e. The van der Waals surface area contributed by atoms with E-state index in [9.17, 15) is 0 Å². The van der Waals surface area contributed by atoms with Crippen LogP contribution in [0.5, 0.6) is 5.75 Å². The second kappa shape index (κ2) is 9.26. The molecular weight excluding hydrogens is 324 g/mol. The highest BCUT2D eigenvalue weighted by Crippen LogP contribution is 2.31. The van der Waals surface area contributed by atoms with E-state index < -0.39 is 0 Å². The summed E-state index contributed by atoms with van der Waals surface area (Å²) in [4.78, 5) is 7.54. The largest absolute Gasteiger partial charge is 0.493 e. The van der Waals surface area contributed by atoms with E-state index in [1.165, 1.54) is 31.5 Å². The van der Waals surface area contributed by atoms with Crippen LogP contribution in [0.25, 0.3) is 0 Å². The van der Waals surface area contributed by atoms with Crippen molar-refractivity contribution in [1.82, 2.24) is 15.5 Å². The first-order valence-corrected chi connectivity index (χ1v) is 10.2. The number of rotatable bonds is 6. The summed E-state index contributed by atoms with van der Waals surface area (Å²) < 4.78 is 5.78. The Hall–Kier alpha value is -1.75. The van der Waals surface area contributed by atoms with Crippen molar-refractivity contribution in [3.8, 4) is 5.75 Å². The highest BCUT2D eigenvalue weighted by Gasteiger charge is 2.25. The van der Waals surface area contributed by atoms with Gasteiger partial charge in [0, 0.05) is 31.1 Å². The lowest BCUT2D eigenvalue weighted by molar-refractivity contribution is 0.231. The molecule has 2 aliphatic heterocycles. The number of nitrogens with one attached hydrogen (secondary N) is 2. The number of benzene rings is 1. The maximum atomic E-state index is 5.78. The van der Waals surface area contributed by atoms with Crippen LogP contribution in [0, 0.1) is 5.92 Å². The lowest BCUT2D eigenvalue weighted by Crippen LogP contribution is -2.42. The molecule has 2 N–H and O–H groups in total. The van der Waals surface area contributed by atoms with E-state index in [1.54, 1.807) is 0 Å². The van der Waals surface area contributed by atoms with E-state index >= 15 is 0 Å². The Balaban J connectivity index is 1.65. The number of fused-ring (bicyclic) bond motifs is 1. The monoisotopic (exact) mass is 358 g/mol. The molecule has 144 valence electrons. The van der Waals surface area contributed by atoms with E-state index in [2.05, 4.69) is 54.5 Å². The molecule has 1 aromatic carbocycles. The van der Waals surface area contributed by atoms with Crippen molar-refractivity contribution in [1.29, 1.82) is 0 Å². The number of para-hydroxylation sites is 1. The molecule has 3 rings (SSSR count). The number of likely N-dealkylation sites (tertiary alicyclic amines) is 1. The normalized spacial score (nSPS) is 23.6. The molecule has 0 aromatic heterocycles. The number of hydrogen-bond acceptors (Lipinski definition) is 3. The summed E-state index contributed by atoms with van der Waals surface area (Å²) in [7, 11) is 0. The topological polar surface area (TPSA) is 48.9 Å². The maximum absolute atomic E-state index is 5.78. The summed E-state index contributed by atoms with van der Waals surface area (Å²) in [5.74, 6) is 2.63. The van der Waals surface area contributed by atoms with Gasteiger partial charge >= 0.3 is 0 Å². The zero-order valence-corrected chi connectivity index (χ0v) is 16.5. The summed E-state index contributed by atoms with van der Waals surface area (Å²) in [6.07, 6.45) is 3.52. The predicted molar refractivity (Wildman–Crippen MR) is 108 cm³/mol. The lowest BCUT2D eigenvalue weighted by Gasteiger charge is -2.29. The standard InChI is InChI=1S/C21H34N4O/c1-4-22-21(23-14-17-8-7-12-25(17)15-16(2)3)24-19-11-13-26-20-10-6-5-9-18(19)20/h5-6,9-10,16-17,19H,4,7-8,11-15H2,1-3H3,(H2,22,23,24)/t17-,19?/m1/s1. The summed E-state index contributed by atoms with van der Waals surface area (Å²) in [6.45, 7) is 11.6.